The van der Waals surface area contributed by atoms with Crippen molar-refractivity contribution < 1.29 is 31.2 Å². The number of nitrogens with zero attached hydrogens (tertiary/aromatic N) is 2. The Morgan fingerprint density at radius 1 is 0.902 bits per heavy atom. The third-order valence-corrected chi connectivity index (χ3v) is 8.51. The summed E-state index contributed by atoms with van der Waals surface area (Å²) in [6.07, 6.45) is -4.81. The first-order chi connectivity index (χ1) is 19.1. The fraction of sp³-hybridized carbons (Fsp3) is 0.286. The summed E-state index contributed by atoms with van der Waals surface area (Å²) < 4.78 is 68.9. The number of hydrogen-bond donors (Lipinski definition) is 1. The summed E-state index contributed by atoms with van der Waals surface area (Å²) in [5, 5.41) is 2.69. The molecule has 3 aromatic carbocycles. The first-order valence-corrected chi connectivity index (χ1v) is 14.6. The van der Waals surface area contributed by atoms with E-state index >= 15 is 0 Å². The van der Waals surface area contributed by atoms with Crippen LogP contribution in [0.4, 0.5) is 18.9 Å². The van der Waals surface area contributed by atoms with Crippen LogP contribution in [0.25, 0.3) is 0 Å². The van der Waals surface area contributed by atoms with Gasteiger partial charge in [-0.1, -0.05) is 59.6 Å². The Kier molecular flexibility index (Phi) is 10.3. The molecular weight excluding hydrogens is 602 g/mol. The third kappa shape index (κ3) is 7.93. The van der Waals surface area contributed by atoms with E-state index in [0.29, 0.717) is 27.0 Å². The highest BCUT2D eigenvalue weighted by Gasteiger charge is 2.36. The molecule has 0 heterocycles. The van der Waals surface area contributed by atoms with Gasteiger partial charge in [0.15, 0.2) is 0 Å². The predicted octanol–water partition coefficient (Wildman–Crippen LogP) is 6.15. The van der Waals surface area contributed by atoms with E-state index in [0.717, 1.165) is 11.0 Å². The Morgan fingerprint density at radius 3 is 2.10 bits per heavy atom. The molecule has 3 rings (SSSR count). The zero-order chi connectivity index (χ0) is 30.5. The Labute approximate surface area is 246 Å². The molecule has 0 saturated carbocycles. The van der Waals surface area contributed by atoms with Gasteiger partial charge < -0.3 is 10.2 Å². The summed E-state index contributed by atoms with van der Waals surface area (Å²) in [5.41, 5.74) is -1.23. The Morgan fingerprint density at radius 2 is 1.51 bits per heavy atom. The Bertz CT molecular complexity index is 1500. The van der Waals surface area contributed by atoms with Crippen LogP contribution in [0.5, 0.6) is 0 Å². The number of amides is 2. The lowest BCUT2D eigenvalue weighted by atomic mass is 10.1. The first kappa shape index (κ1) is 32.2. The van der Waals surface area contributed by atoms with Gasteiger partial charge in [-0.25, -0.2) is 8.42 Å². The van der Waals surface area contributed by atoms with Crippen molar-refractivity contribution in [3.63, 3.8) is 0 Å². The van der Waals surface area contributed by atoms with E-state index in [1.54, 1.807) is 44.2 Å². The highest BCUT2D eigenvalue weighted by Crippen LogP contribution is 2.37. The van der Waals surface area contributed by atoms with Crippen LogP contribution in [-0.2, 0) is 32.3 Å². The van der Waals surface area contributed by atoms with Crippen molar-refractivity contribution in [3.8, 4) is 0 Å². The second-order valence-corrected chi connectivity index (χ2v) is 12.1. The van der Waals surface area contributed by atoms with Gasteiger partial charge in [0.25, 0.3) is 10.0 Å². The van der Waals surface area contributed by atoms with Gasteiger partial charge in [-0.3, -0.25) is 13.9 Å². The lowest BCUT2D eigenvalue weighted by molar-refractivity contribution is -0.139. The number of halogens is 5. The van der Waals surface area contributed by atoms with Crippen LogP contribution in [0.2, 0.25) is 10.0 Å². The van der Waals surface area contributed by atoms with Crippen molar-refractivity contribution in [2.45, 2.75) is 50.5 Å². The molecule has 0 radical (unpaired) electrons. The minimum absolute atomic E-state index is 0.180. The van der Waals surface area contributed by atoms with Gasteiger partial charge in [0.05, 0.1) is 21.2 Å². The number of carbonyl (C=O) groups excluding carboxylic acids is 2. The predicted molar refractivity (Wildman–Crippen MR) is 152 cm³/mol. The van der Waals surface area contributed by atoms with Crippen molar-refractivity contribution >= 4 is 50.7 Å². The molecule has 1 N–H and O–H groups in total. The second kappa shape index (κ2) is 13.1. The Balaban J connectivity index is 2.14. The summed E-state index contributed by atoms with van der Waals surface area (Å²) in [7, 11) is -4.61. The quantitative estimate of drug-likeness (QED) is 0.291. The van der Waals surface area contributed by atoms with Gasteiger partial charge in [0.1, 0.15) is 12.6 Å². The van der Waals surface area contributed by atoms with Crippen LogP contribution in [0.15, 0.2) is 77.7 Å². The van der Waals surface area contributed by atoms with Crippen molar-refractivity contribution in [2.75, 3.05) is 10.8 Å². The van der Waals surface area contributed by atoms with Crippen LogP contribution >= 0.6 is 23.2 Å². The molecule has 7 nitrogen and oxygen atoms in total. The summed E-state index contributed by atoms with van der Waals surface area (Å²) in [5.74, 6) is -1.39. The number of nitrogens with one attached hydrogen (secondary N) is 1. The van der Waals surface area contributed by atoms with Crippen molar-refractivity contribution in [1.29, 1.82) is 0 Å². The van der Waals surface area contributed by atoms with Crippen LogP contribution < -0.4 is 9.62 Å². The molecule has 2 amide bonds. The van der Waals surface area contributed by atoms with Gasteiger partial charge in [0, 0.05) is 17.6 Å². The van der Waals surface area contributed by atoms with Crippen LogP contribution in [0.1, 0.15) is 31.9 Å². The average molecular weight is 631 g/mol. The number of alkyl halides is 3. The molecular formula is C28H28Cl2F3N3O4S. The summed E-state index contributed by atoms with van der Waals surface area (Å²) in [4.78, 5) is 27.7. The molecule has 0 fully saturated rings. The minimum atomic E-state index is -4.81. The molecule has 0 spiro atoms. The van der Waals surface area contributed by atoms with Crippen LogP contribution in [-0.4, -0.2) is 43.8 Å². The summed E-state index contributed by atoms with van der Waals surface area (Å²) in [6.45, 7) is 3.78. The molecule has 0 saturated heterocycles. The standard InChI is InChI=1S/C28H28Cl2F3N3O4S/c1-18(2)34-27(38)19(3)35(16-20-9-7-8-12-23(20)29)26(37)17-36(41(39,40)22-10-5-4-6-11-22)25-15-21(28(31,32)33)13-14-24(25)30/h4-15,18-19H,16-17H2,1-3H3,(H,34,38)/t19-/m1/s1. The molecule has 0 aliphatic heterocycles. The number of sulfonamides is 1. The molecule has 220 valence electrons. The highest BCUT2D eigenvalue weighted by molar-refractivity contribution is 7.92. The zero-order valence-corrected chi connectivity index (χ0v) is 24.7. The second-order valence-electron chi connectivity index (χ2n) is 9.44. The van der Waals surface area contributed by atoms with E-state index < -0.39 is 51.9 Å². The van der Waals surface area contributed by atoms with E-state index in [1.807, 2.05) is 0 Å². The smallest absolute Gasteiger partial charge is 0.352 e. The molecule has 41 heavy (non-hydrogen) atoms. The van der Waals surface area contributed by atoms with Crippen molar-refractivity contribution in [2.24, 2.45) is 0 Å². The van der Waals surface area contributed by atoms with E-state index in [-0.39, 0.29) is 22.5 Å². The molecule has 1 atom stereocenters. The van der Waals surface area contributed by atoms with Gasteiger partial charge in [0.2, 0.25) is 11.8 Å². The lowest BCUT2D eigenvalue weighted by Crippen LogP contribution is -2.52. The highest BCUT2D eigenvalue weighted by atomic mass is 35.5. The molecule has 3 aromatic rings. The average Bonchev–Trinajstić information content (AvgIpc) is 2.90. The van der Waals surface area contributed by atoms with Crippen LogP contribution in [0, 0.1) is 0 Å². The monoisotopic (exact) mass is 629 g/mol. The fourth-order valence-electron chi connectivity index (χ4n) is 3.91. The van der Waals surface area contributed by atoms with Crippen LogP contribution in [0.3, 0.4) is 0 Å². The van der Waals surface area contributed by atoms with Gasteiger partial charge >= 0.3 is 6.18 Å². The maximum atomic E-state index is 13.9. The van der Waals surface area contributed by atoms with Gasteiger partial charge in [-0.2, -0.15) is 13.2 Å². The normalized spacial score (nSPS) is 12.6. The van der Waals surface area contributed by atoms with E-state index in [2.05, 4.69) is 5.32 Å². The van der Waals surface area contributed by atoms with Gasteiger partial charge in [-0.05, 0) is 62.7 Å². The first-order valence-electron chi connectivity index (χ1n) is 12.4. The lowest BCUT2D eigenvalue weighted by Gasteiger charge is -2.33. The topological polar surface area (TPSA) is 86.8 Å². The minimum Gasteiger partial charge on any atom is -0.352 e. The molecule has 13 heteroatoms. The maximum Gasteiger partial charge on any atom is 0.416 e. The SMILES string of the molecule is CC(C)NC(=O)[C@@H](C)N(Cc1ccccc1Cl)C(=O)CN(c1cc(C(F)(F)F)ccc1Cl)S(=O)(=O)c1ccccc1. The number of anilines is 1. The number of hydrogen-bond acceptors (Lipinski definition) is 4. The summed E-state index contributed by atoms with van der Waals surface area (Å²) >= 11 is 12.5. The molecule has 0 aliphatic carbocycles. The van der Waals surface area contributed by atoms with E-state index in [1.165, 1.54) is 31.2 Å². The zero-order valence-electron chi connectivity index (χ0n) is 22.3. The molecule has 0 aliphatic rings. The molecule has 0 bridgehead atoms. The van der Waals surface area contributed by atoms with Gasteiger partial charge in [-0.15, -0.1) is 0 Å². The number of carbonyl (C=O) groups is 2. The number of benzene rings is 3. The fourth-order valence-corrected chi connectivity index (χ4v) is 5.82. The maximum absolute atomic E-state index is 13.9. The Hall–Kier alpha value is -3.28. The third-order valence-electron chi connectivity index (χ3n) is 6.05. The van der Waals surface area contributed by atoms with E-state index in [4.69, 9.17) is 23.2 Å². The van der Waals surface area contributed by atoms with Crippen molar-refractivity contribution in [1.82, 2.24) is 10.2 Å². The largest absolute Gasteiger partial charge is 0.416 e. The number of rotatable bonds is 10. The van der Waals surface area contributed by atoms with Crippen molar-refractivity contribution in [3.05, 3.63) is 94.0 Å². The van der Waals surface area contributed by atoms with E-state index in [9.17, 15) is 31.2 Å². The molecule has 0 aromatic heterocycles. The summed E-state index contributed by atoms with van der Waals surface area (Å²) in [6, 6.07) is 14.3. The molecule has 0 unspecified atom stereocenters.